The highest BCUT2D eigenvalue weighted by atomic mass is 16.6. The van der Waals surface area contributed by atoms with Gasteiger partial charge in [-0.25, -0.2) is 10.7 Å². The zero-order chi connectivity index (χ0) is 11.8. The van der Waals surface area contributed by atoms with Crippen LogP contribution in [0, 0.1) is 0 Å². The fourth-order valence-electron chi connectivity index (χ4n) is 1.99. The lowest BCUT2D eigenvalue weighted by Gasteiger charge is -2.10. The minimum Gasteiger partial charge on any atom is -0.464 e. The highest BCUT2D eigenvalue weighted by Gasteiger charge is 2.45. The maximum atomic E-state index is 11.5. The van der Waals surface area contributed by atoms with Crippen LogP contribution in [-0.4, -0.2) is 24.3 Å². The van der Waals surface area contributed by atoms with Gasteiger partial charge in [0.05, 0.1) is 13.7 Å². The van der Waals surface area contributed by atoms with Crippen molar-refractivity contribution in [1.82, 2.24) is 4.57 Å². The summed E-state index contributed by atoms with van der Waals surface area (Å²) in [4.78, 5) is 16.2. The molecule has 0 unspecified atom stereocenters. The third-order valence-electron chi connectivity index (χ3n) is 3.23. The summed E-state index contributed by atoms with van der Waals surface area (Å²) < 4.78 is 6.48. The summed E-state index contributed by atoms with van der Waals surface area (Å²) in [5.74, 6) is 4.80. The number of esters is 1. The number of methoxy groups -OCH3 is 1. The lowest BCUT2D eigenvalue weighted by Crippen LogP contribution is -2.17. The molecule has 0 amide bonds. The SMILES string of the molecule is COC(=O)c1cc(C2(CON)CC2)cn1C. The van der Waals surface area contributed by atoms with E-state index in [1.54, 1.807) is 4.57 Å². The summed E-state index contributed by atoms with van der Waals surface area (Å²) in [5.41, 5.74) is 1.67. The largest absolute Gasteiger partial charge is 0.464 e. The van der Waals surface area contributed by atoms with Crippen molar-refractivity contribution >= 4 is 5.97 Å². The van der Waals surface area contributed by atoms with Crippen molar-refractivity contribution in [2.45, 2.75) is 18.3 Å². The number of aromatic nitrogens is 1. The van der Waals surface area contributed by atoms with Crippen molar-refractivity contribution in [3.05, 3.63) is 23.5 Å². The van der Waals surface area contributed by atoms with Crippen LogP contribution < -0.4 is 5.90 Å². The van der Waals surface area contributed by atoms with Gasteiger partial charge in [-0.1, -0.05) is 0 Å². The minimum absolute atomic E-state index is 0.0127. The Morgan fingerprint density at radius 3 is 2.81 bits per heavy atom. The molecule has 0 aromatic carbocycles. The van der Waals surface area contributed by atoms with Crippen LogP contribution in [0.15, 0.2) is 12.3 Å². The molecule has 0 bridgehead atoms. The molecule has 5 heteroatoms. The quantitative estimate of drug-likeness (QED) is 0.605. The summed E-state index contributed by atoms with van der Waals surface area (Å²) in [6, 6.07) is 1.86. The first kappa shape index (κ1) is 11.2. The minimum atomic E-state index is -0.321. The van der Waals surface area contributed by atoms with Gasteiger partial charge in [-0.05, 0) is 24.5 Å². The Bertz CT molecular complexity index is 407. The number of carbonyl (C=O) groups excluding carboxylic acids is 1. The van der Waals surface area contributed by atoms with E-state index >= 15 is 0 Å². The average molecular weight is 224 g/mol. The maximum absolute atomic E-state index is 11.5. The summed E-state index contributed by atoms with van der Waals surface area (Å²) in [6.45, 7) is 0.498. The van der Waals surface area contributed by atoms with Crippen LogP contribution in [0.5, 0.6) is 0 Å². The van der Waals surface area contributed by atoms with Gasteiger partial charge in [-0.15, -0.1) is 0 Å². The van der Waals surface area contributed by atoms with Crippen molar-refractivity contribution in [3.63, 3.8) is 0 Å². The van der Waals surface area contributed by atoms with E-state index in [4.69, 9.17) is 15.5 Å². The van der Waals surface area contributed by atoms with E-state index in [1.807, 2.05) is 19.3 Å². The number of nitrogens with zero attached hydrogens (tertiary/aromatic N) is 1. The van der Waals surface area contributed by atoms with E-state index in [0.717, 1.165) is 18.4 Å². The number of hydrogen-bond donors (Lipinski definition) is 1. The van der Waals surface area contributed by atoms with E-state index < -0.39 is 0 Å². The smallest absolute Gasteiger partial charge is 0.354 e. The van der Waals surface area contributed by atoms with Crippen LogP contribution in [0.25, 0.3) is 0 Å². The van der Waals surface area contributed by atoms with E-state index in [1.165, 1.54) is 7.11 Å². The van der Waals surface area contributed by atoms with Gasteiger partial charge in [-0.2, -0.15) is 0 Å². The molecule has 5 nitrogen and oxygen atoms in total. The Morgan fingerprint density at radius 1 is 1.62 bits per heavy atom. The molecule has 1 aromatic rings. The Balaban J connectivity index is 2.27. The molecule has 0 atom stereocenters. The summed E-state index contributed by atoms with van der Waals surface area (Å²) in [6.07, 6.45) is 4.04. The Kier molecular flexibility index (Phi) is 2.73. The number of rotatable bonds is 4. The summed E-state index contributed by atoms with van der Waals surface area (Å²) in [7, 11) is 3.21. The lowest BCUT2D eigenvalue weighted by molar-refractivity contribution is 0.0590. The molecule has 0 saturated heterocycles. The molecule has 2 rings (SSSR count). The fraction of sp³-hybridized carbons (Fsp3) is 0.545. The Labute approximate surface area is 94.1 Å². The number of ether oxygens (including phenoxy) is 1. The number of carbonyl (C=O) groups is 1. The molecule has 1 heterocycles. The van der Waals surface area contributed by atoms with Crippen molar-refractivity contribution in [3.8, 4) is 0 Å². The van der Waals surface area contributed by atoms with Crippen LogP contribution in [-0.2, 0) is 22.0 Å². The second-order valence-electron chi connectivity index (χ2n) is 4.31. The van der Waals surface area contributed by atoms with E-state index in [0.29, 0.717) is 12.3 Å². The van der Waals surface area contributed by atoms with Crippen LogP contribution in [0.4, 0.5) is 0 Å². The molecule has 1 saturated carbocycles. The van der Waals surface area contributed by atoms with Crippen molar-refractivity contribution in [2.75, 3.05) is 13.7 Å². The predicted molar refractivity (Wildman–Crippen MR) is 57.8 cm³/mol. The van der Waals surface area contributed by atoms with Crippen LogP contribution in [0.2, 0.25) is 0 Å². The number of hydrogen-bond acceptors (Lipinski definition) is 4. The highest BCUT2D eigenvalue weighted by molar-refractivity contribution is 5.88. The average Bonchev–Trinajstić information content (AvgIpc) is 2.94. The van der Waals surface area contributed by atoms with Gasteiger partial charge in [0.1, 0.15) is 5.69 Å². The topological polar surface area (TPSA) is 66.5 Å². The second-order valence-corrected chi connectivity index (χ2v) is 4.31. The molecule has 16 heavy (non-hydrogen) atoms. The number of nitrogens with two attached hydrogens (primary N) is 1. The number of aryl methyl sites for hydroxylation is 1. The van der Waals surface area contributed by atoms with Crippen LogP contribution in [0.3, 0.4) is 0 Å². The molecule has 2 N–H and O–H groups in total. The van der Waals surface area contributed by atoms with Gasteiger partial charge in [-0.3, -0.25) is 0 Å². The first-order valence-electron chi connectivity index (χ1n) is 5.20. The van der Waals surface area contributed by atoms with E-state index in [9.17, 15) is 4.79 Å². The van der Waals surface area contributed by atoms with Gasteiger partial charge >= 0.3 is 5.97 Å². The van der Waals surface area contributed by atoms with Crippen molar-refractivity contribution in [1.29, 1.82) is 0 Å². The van der Waals surface area contributed by atoms with Gasteiger partial charge in [0.2, 0.25) is 0 Å². The molecule has 0 aliphatic heterocycles. The molecule has 1 aromatic heterocycles. The molecule has 1 aliphatic rings. The Hall–Kier alpha value is -1.33. The van der Waals surface area contributed by atoms with Crippen molar-refractivity contribution in [2.24, 2.45) is 12.9 Å². The second kappa shape index (κ2) is 3.92. The molecular weight excluding hydrogens is 208 g/mol. The molecule has 1 aliphatic carbocycles. The molecule has 1 fully saturated rings. The first-order chi connectivity index (χ1) is 7.63. The molecular formula is C11H16N2O3. The zero-order valence-corrected chi connectivity index (χ0v) is 9.53. The normalized spacial score (nSPS) is 17.2. The lowest BCUT2D eigenvalue weighted by atomic mass is 10.0. The Morgan fingerprint density at radius 2 is 2.31 bits per heavy atom. The van der Waals surface area contributed by atoms with E-state index in [-0.39, 0.29) is 11.4 Å². The van der Waals surface area contributed by atoms with Gasteiger partial charge in [0, 0.05) is 18.7 Å². The van der Waals surface area contributed by atoms with Crippen molar-refractivity contribution < 1.29 is 14.4 Å². The predicted octanol–water partition coefficient (Wildman–Crippen LogP) is 0.734. The van der Waals surface area contributed by atoms with E-state index in [2.05, 4.69) is 0 Å². The third-order valence-corrected chi connectivity index (χ3v) is 3.23. The van der Waals surface area contributed by atoms with Gasteiger partial charge in [0.25, 0.3) is 0 Å². The summed E-state index contributed by atoms with van der Waals surface area (Å²) in [5, 5.41) is 0. The molecule has 0 radical (unpaired) electrons. The molecule has 88 valence electrons. The maximum Gasteiger partial charge on any atom is 0.354 e. The third kappa shape index (κ3) is 1.72. The van der Waals surface area contributed by atoms with Crippen LogP contribution in [0.1, 0.15) is 28.9 Å². The summed E-state index contributed by atoms with van der Waals surface area (Å²) >= 11 is 0. The van der Waals surface area contributed by atoms with Gasteiger partial charge < -0.3 is 14.1 Å². The first-order valence-corrected chi connectivity index (χ1v) is 5.20. The highest BCUT2D eigenvalue weighted by Crippen LogP contribution is 2.48. The standard InChI is InChI=1S/C11H16N2O3/c1-13-6-8(5-9(13)10(14)15-2)11(3-4-11)7-16-12/h5-6H,3-4,7,12H2,1-2H3. The zero-order valence-electron chi connectivity index (χ0n) is 9.53. The molecule has 0 spiro atoms. The van der Waals surface area contributed by atoms with Crippen LogP contribution >= 0.6 is 0 Å². The monoisotopic (exact) mass is 224 g/mol. The van der Waals surface area contributed by atoms with Gasteiger partial charge in [0.15, 0.2) is 0 Å². The fourth-order valence-corrected chi connectivity index (χ4v) is 1.99.